The molecule has 0 aliphatic carbocycles. The third kappa shape index (κ3) is 1.71. The van der Waals surface area contributed by atoms with Crippen LogP contribution >= 0.6 is 9.24 Å². The predicted molar refractivity (Wildman–Crippen MR) is 60.5 cm³/mol. The van der Waals surface area contributed by atoms with Crippen molar-refractivity contribution < 1.29 is 0 Å². The fraction of sp³-hybridized carbons (Fsp3) is 0.182. The van der Waals surface area contributed by atoms with E-state index in [9.17, 15) is 0 Å². The van der Waals surface area contributed by atoms with Crippen LogP contribution in [0.25, 0.3) is 10.9 Å². The summed E-state index contributed by atoms with van der Waals surface area (Å²) in [6.07, 6.45) is 0.997. The molecule has 66 valence electrons. The zero-order valence-electron chi connectivity index (χ0n) is 7.62. The molecule has 0 bridgehead atoms. The smallest absolute Gasteiger partial charge is 0.0711 e. The number of pyridine rings is 1. The second kappa shape index (κ2) is 3.43. The van der Waals surface area contributed by atoms with Gasteiger partial charge in [-0.1, -0.05) is 25.1 Å². The van der Waals surface area contributed by atoms with E-state index < -0.39 is 0 Å². The minimum Gasteiger partial charge on any atom is -0.253 e. The zero-order chi connectivity index (χ0) is 9.26. The van der Waals surface area contributed by atoms with Gasteiger partial charge in [-0.2, -0.15) is 0 Å². The summed E-state index contributed by atoms with van der Waals surface area (Å²) in [7, 11) is 2.69. The second-order valence-electron chi connectivity index (χ2n) is 3.11. The van der Waals surface area contributed by atoms with Crippen LogP contribution in [0.4, 0.5) is 0 Å². The lowest BCUT2D eigenvalue weighted by Gasteiger charge is -2.00. The molecule has 0 fully saturated rings. The van der Waals surface area contributed by atoms with Gasteiger partial charge in [0.25, 0.3) is 0 Å². The molecule has 2 heteroatoms. The summed E-state index contributed by atoms with van der Waals surface area (Å²) in [5.41, 5.74) is 2.25. The highest BCUT2D eigenvalue weighted by Crippen LogP contribution is 2.11. The lowest BCUT2D eigenvalue weighted by molar-refractivity contribution is 1.06. The molecule has 1 nitrogen and oxygen atoms in total. The van der Waals surface area contributed by atoms with Crippen LogP contribution in [0, 0.1) is 0 Å². The molecule has 0 aliphatic rings. The third-order valence-corrected chi connectivity index (χ3v) is 2.50. The van der Waals surface area contributed by atoms with Gasteiger partial charge in [0.1, 0.15) is 0 Å². The Labute approximate surface area is 80.4 Å². The van der Waals surface area contributed by atoms with Gasteiger partial charge in [-0.3, -0.25) is 4.98 Å². The molecule has 0 saturated carbocycles. The van der Waals surface area contributed by atoms with Crippen molar-refractivity contribution in [3.63, 3.8) is 0 Å². The van der Waals surface area contributed by atoms with Crippen LogP contribution in [-0.2, 0) is 6.42 Å². The first-order valence-electron chi connectivity index (χ1n) is 4.45. The number of benzene rings is 1. The van der Waals surface area contributed by atoms with E-state index >= 15 is 0 Å². The maximum Gasteiger partial charge on any atom is 0.0711 e. The topological polar surface area (TPSA) is 12.9 Å². The van der Waals surface area contributed by atoms with Crippen LogP contribution in [0.3, 0.4) is 0 Å². The quantitative estimate of drug-likeness (QED) is 0.627. The molecule has 0 N–H and O–H groups in total. The monoisotopic (exact) mass is 189 g/mol. The molecule has 2 aromatic rings. The fourth-order valence-corrected chi connectivity index (χ4v) is 1.63. The summed E-state index contributed by atoms with van der Waals surface area (Å²) >= 11 is 0. The van der Waals surface area contributed by atoms with Crippen molar-refractivity contribution in [3.8, 4) is 0 Å². The second-order valence-corrected chi connectivity index (χ2v) is 3.77. The zero-order valence-corrected chi connectivity index (χ0v) is 8.77. The van der Waals surface area contributed by atoms with Crippen molar-refractivity contribution >= 4 is 25.4 Å². The highest BCUT2D eigenvalue weighted by Gasteiger charge is 1.96. The molecule has 13 heavy (non-hydrogen) atoms. The maximum absolute atomic E-state index is 4.54. The average molecular weight is 189 g/mol. The molecule has 0 spiro atoms. The van der Waals surface area contributed by atoms with Crippen LogP contribution in [0.1, 0.15) is 12.6 Å². The van der Waals surface area contributed by atoms with Gasteiger partial charge in [0.2, 0.25) is 0 Å². The van der Waals surface area contributed by atoms with Gasteiger partial charge < -0.3 is 0 Å². The van der Waals surface area contributed by atoms with Crippen molar-refractivity contribution in [3.05, 3.63) is 36.0 Å². The van der Waals surface area contributed by atoms with Crippen molar-refractivity contribution in [2.75, 3.05) is 0 Å². The van der Waals surface area contributed by atoms with E-state index in [1.54, 1.807) is 0 Å². The maximum atomic E-state index is 4.54. The van der Waals surface area contributed by atoms with Crippen molar-refractivity contribution in [2.45, 2.75) is 13.3 Å². The number of hydrogen-bond donors (Lipinski definition) is 0. The number of fused-ring (bicyclic) bond motifs is 1. The van der Waals surface area contributed by atoms with Crippen molar-refractivity contribution in [1.82, 2.24) is 4.98 Å². The van der Waals surface area contributed by atoms with Gasteiger partial charge in [-0.25, -0.2) is 0 Å². The summed E-state index contributed by atoms with van der Waals surface area (Å²) in [6.45, 7) is 2.12. The standard InChI is InChI=1S/C11H12NP/c1-2-9-5-3-8-4-6-10(13)7-11(8)12-9/h3-7H,2,13H2,1H3. The van der Waals surface area contributed by atoms with E-state index in [1.807, 2.05) is 0 Å². The molecule has 2 rings (SSSR count). The first-order valence-corrected chi connectivity index (χ1v) is 5.02. The van der Waals surface area contributed by atoms with E-state index in [1.165, 1.54) is 10.7 Å². The minimum absolute atomic E-state index is 0.997. The molecule has 0 saturated heterocycles. The lowest BCUT2D eigenvalue weighted by atomic mass is 10.2. The molecule has 1 aromatic heterocycles. The Morgan fingerprint density at radius 2 is 2.00 bits per heavy atom. The fourth-order valence-electron chi connectivity index (χ4n) is 1.37. The number of aromatic nitrogens is 1. The highest BCUT2D eigenvalue weighted by atomic mass is 31.0. The van der Waals surface area contributed by atoms with Gasteiger partial charge in [-0.05, 0) is 23.9 Å². The molecule has 0 amide bonds. The summed E-state index contributed by atoms with van der Waals surface area (Å²) < 4.78 is 0. The van der Waals surface area contributed by atoms with Gasteiger partial charge in [0.15, 0.2) is 0 Å². The Morgan fingerprint density at radius 1 is 1.23 bits per heavy atom. The average Bonchev–Trinajstić information content (AvgIpc) is 2.16. The number of hydrogen-bond acceptors (Lipinski definition) is 1. The van der Waals surface area contributed by atoms with E-state index in [0.29, 0.717) is 0 Å². The largest absolute Gasteiger partial charge is 0.253 e. The Morgan fingerprint density at radius 3 is 2.77 bits per heavy atom. The third-order valence-electron chi connectivity index (χ3n) is 2.14. The molecular weight excluding hydrogens is 177 g/mol. The molecule has 1 atom stereocenters. The SMILES string of the molecule is CCc1ccc2ccc(P)cc2n1. The predicted octanol–water partition coefficient (Wildman–Crippen LogP) is 2.30. The Bertz CT molecular complexity index is 437. The Kier molecular flexibility index (Phi) is 2.28. The summed E-state index contributed by atoms with van der Waals surface area (Å²) in [4.78, 5) is 4.54. The van der Waals surface area contributed by atoms with Crippen LogP contribution in [0.2, 0.25) is 0 Å². The van der Waals surface area contributed by atoms with Crippen LogP contribution < -0.4 is 5.30 Å². The van der Waals surface area contributed by atoms with Crippen molar-refractivity contribution in [2.24, 2.45) is 0 Å². The van der Waals surface area contributed by atoms with Gasteiger partial charge >= 0.3 is 0 Å². The summed E-state index contributed by atoms with van der Waals surface area (Å²) in [5.74, 6) is 0. The van der Waals surface area contributed by atoms with E-state index in [0.717, 1.165) is 17.6 Å². The van der Waals surface area contributed by atoms with Crippen LogP contribution in [0.5, 0.6) is 0 Å². The van der Waals surface area contributed by atoms with Crippen LogP contribution in [-0.4, -0.2) is 4.98 Å². The lowest BCUT2D eigenvalue weighted by Crippen LogP contribution is -1.92. The van der Waals surface area contributed by atoms with E-state index in [4.69, 9.17) is 0 Å². The molecule has 1 heterocycles. The molecule has 1 unspecified atom stereocenters. The Hall–Kier alpha value is -0.940. The Balaban J connectivity index is 2.68. The first kappa shape index (κ1) is 8.65. The first-order chi connectivity index (χ1) is 6.29. The molecular formula is C11H12NP. The summed E-state index contributed by atoms with van der Waals surface area (Å²) in [5, 5.41) is 2.40. The van der Waals surface area contributed by atoms with Crippen LogP contribution in [0.15, 0.2) is 30.3 Å². The van der Waals surface area contributed by atoms with Gasteiger partial charge in [-0.15, -0.1) is 9.24 Å². The number of aryl methyl sites for hydroxylation is 1. The molecule has 0 radical (unpaired) electrons. The number of nitrogens with zero attached hydrogens (tertiary/aromatic N) is 1. The summed E-state index contributed by atoms with van der Waals surface area (Å²) in [6, 6.07) is 10.5. The normalized spacial score (nSPS) is 10.6. The van der Waals surface area contributed by atoms with E-state index in [-0.39, 0.29) is 0 Å². The highest BCUT2D eigenvalue weighted by molar-refractivity contribution is 7.27. The number of rotatable bonds is 1. The minimum atomic E-state index is 0.997. The van der Waals surface area contributed by atoms with Gasteiger partial charge in [0.05, 0.1) is 5.52 Å². The molecule has 1 aromatic carbocycles. The molecule has 0 aliphatic heterocycles. The van der Waals surface area contributed by atoms with Crippen molar-refractivity contribution in [1.29, 1.82) is 0 Å². The van der Waals surface area contributed by atoms with Gasteiger partial charge in [0, 0.05) is 11.1 Å². The van der Waals surface area contributed by atoms with E-state index in [2.05, 4.69) is 51.5 Å².